The van der Waals surface area contributed by atoms with Crippen LogP contribution in [-0.4, -0.2) is 31.3 Å². The maximum atomic E-state index is 11.4. The number of carbonyl (C=O) groups excluding carboxylic acids is 1. The number of benzene rings is 1. The van der Waals surface area contributed by atoms with Crippen molar-refractivity contribution in [3.63, 3.8) is 0 Å². The van der Waals surface area contributed by atoms with E-state index in [0.29, 0.717) is 24.0 Å². The van der Waals surface area contributed by atoms with Crippen molar-refractivity contribution in [3.05, 3.63) is 35.4 Å². The molecule has 1 aromatic rings. The molecule has 1 aromatic carbocycles. The normalized spacial score (nSPS) is 22.0. The molecule has 2 unspecified atom stereocenters. The monoisotopic (exact) mass is 291 g/mol. The highest BCUT2D eigenvalue weighted by molar-refractivity contribution is 5.89. The van der Waals surface area contributed by atoms with Crippen LogP contribution in [0.25, 0.3) is 0 Å². The smallest absolute Gasteiger partial charge is 0.337 e. The first-order valence-corrected chi connectivity index (χ1v) is 7.73. The average Bonchev–Trinajstić information content (AvgIpc) is 2.55. The molecule has 1 fully saturated rings. The Morgan fingerprint density at radius 1 is 1.24 bits per heavy atom. The van der Waals surface area contributed by atoms with Gasteiger partial charge in [-0.3, -0.25) is 0 Å². The summed E-state index contributed by atoms with van der Waals surface area (Å²) in [5.41, 5.74) is 1.73. The third-order valence-electron chi connectivity index (χ3n) is 4.41. The molecule has 116 valence electrons. The molecule has 4 heteroatoms. The summed E-state index contributed by atoms with van der Waals surface area (Å²) in [6.45, 7) is 2.04. The zero-order valence-electron chi connectivity index (χ0n) is 12.7. The molecule has 4 nitrogen and oxygen atoms in total. The Morgan fingerprint density at radius 3 is 2.52 bits per heavy atom. The number of rotatable bonds is 6. The molecular weight excluding hydrogens is 266 g/mol. The molecule has 0 heterocycles. The van der Waals surface area contributed by atoms with Gasteiger partial charge in [-0.05, 0) is 48.9 Å². The van der Waals surface area contributed by atoms with Crippen LogP contribution < -0.4 is 5.32 Å². The van der Waals surface area contributed by atoms with Gasteiger partial charge in [0, 0.05) is 13.2 Å². The SMILES string of the molecule is COC(=O)c1ccc(CNCC2CCCCC2CO)cc1. The van der Waals surface area contributed by atoms with Crippen molar-refractivity contribution in [3.8, 4) is 0 Å². The van der Waals surface area contributed by atoms with Gasteiger partial charge in [0.25, 0.3) is 0 Å². The number of esters is 1. The van der Waals surface area contributed by atoms with Gasteiger partial charge in [0.2, 0.25) is 0 Å². The Morgan fingerprint density at radius 2 is 1.90 bits per heavy atom. The highest BCUT2D eigenvalue weighted by Gasteiger charge is 2.23. The minimum atomic E-state index is -0.303. The van der Waals surface area contributed by atoms with Crippen molar-refractivity contribution in [2.24, 2.45) is 11.8 Å². The molecular formula is C17H25NO3. The van der Waals surface area contributed by atoms with Gasteiger partial charge in [0.15, 0.2) is 0 Å². The van der Waals surface area contributed by atoms with Gasteiger partial charge >= 0.3 is 5.97 Å². The molecule has 0 amide bonds. The zero-order valence-corrected chi connectivity index (χ0v) is 12.7. The summed E-state index contributed by atoms with van der Waals surface area (Å²) < 4.78 is 4.68. The maximum absolute atomic E-state index is 11.4. The van der Waals surface area contributed by atoms with Crippen molar-refractivity contribution in [1.29, 1.82) is 0 Å². The minimum Gasteiger partial charge on any atom is -0.465 e. The van der Waals surface area contributed by atoms with E-state index in [9.17, 15) is 9.90 Å². The number of nitrogens with one attached hydrogen (secondary N) is 1. The van der Waals surface area contributed by atoms with E-state index >= 15 is 0 Å². The second-order valence-corrected chi connectivity index (χ2v) is 5.81. The molecule has 0 saturated heterocycles. The van der Waals surface area contributed by atoms with Crippen LogP contribution in [0.2, 0.25) is 0 Å². The molecule has 21 heavy (non-hydrogen) atoms. The van der Waals surface area contributed by atoms with E-state index in [4.69, 9.17) is 0 Å². The molecule has 1 aliphatic rings. The zero-order chi connectivity index (χ0) is 15.1. The Labute approximate surface area is 126 Å². The first kappa shape index (κ1) is 16.0. The highest BCUT2D eigenvalue weighted by atomic mass is 16.5. The van der Waals surface area contributed by atoms with Crippen molar-refractivity contribution >= 4 is 5.97 Å². The summed E-state index contributed by atoms with van der Waals surface area (Å²) in [5, 5.41) is 12.9. The summed E-state index contributed by atoms with van der Waals surface area (Å²) >= 11 is 0. The lowest BCUT2D eigenvalue weighted by Gasteiger charge is -2.30. The van der Waals surface area contributed by atoms with Crippen molar-refractivity contribution < 1.29 is 14.6 Å². The predicted molar refractivity (Wildman–Crippen MR) is 82.0 cm³/mol. The Balaban J connectivity index is 1.79. The lowest BCUT2D eigenvalue weighted by Crippen LogP contribution is -2.32. The van der Waals surface area contributed by atoms with Gasteiger partial charge in [-0.25, -0.2) is 4.79 Å². The molecule has 2 atom stereocenters. The number of hydrogen-bond acceptors (Lipinski definition) is 4. The summed E-state index contributed by atoms with van der Waals surface area (Å²) in [5.74, 6) is 0.730. The van der Waals surface area contributed by atoms with Crippen molar-refractivity contribution in [2.75, 3.05) is 20.3 Å². The Bertz CT molecular complexity index is 444. The fourth-order valence-corrected chi connectivity index (χ4v) is 3.07. The minimum absolute atomic E-state index is 0.303. The van der Waals surface area contributed by atoms with Crippen LogP contribution in [0.1, 0.15) is 41.6 Å². The van der Waals surface area contributed by atoms with E-state index in [1.165, 1.54) is 26.4 Å². The van der Waals surface area contributed by atoms with Crippen LogP contribution in [0.3, 0.4) is 0 Å². The van der Waals surface area contributed by atoms with E-state index in [1.807, 2.05) is 12.1 Å². The number of carbonyl (C=O) groups is 1. The first-order valence-electron chi connectivity index (χ1n) is 7.73. The third kappa shape index (κ3) is 4.55. The second kappa shape index (κ2) is 8.15. The van der Waals surface area contributed by atoms with Crippen LogP contribution in [-0.2, 0) is 11.3 Å². The lowest BCUT2D eigenvalue weighted by molar-refractivity contribution is 0.0600. The van der Waals surface area contributed by atoms with Crippen LogP contribution in [0, 0.1) is 11.8 Å². The predicted octanol–water partition coefficient (Wildman–Crippen LogP) is 2.36. The quantitative estimate of drug-likeness (QED) is 0.790. The molecule has 0 aliphatic heterocycles. The molecule has 1 saturated carbocycles. The van der Waals surface area contributed by atoms with Gasteiger partial charge < -0.3 is 15.2 Å². The molecule has 0 spiro atoms. The van der Waals surface area contributed by atoms with Crippen LogP contribution >= 0.6 is 0 Å². The first-order chi connectivity index (χ1) is 10.2. The standard InChI is InChI=1S/C17H25NO3/c1-21-17(20)14-8-6-13(7-9-14)10-18-11-15-4-2-3-5-16(15)12-19/h6-9,15-16,18-19H,2-5,10-12H2,1H3. The van der Waals surface area contributed by atoms with E-state index in [-0.39, 0.29) is 5.97 Å². The number of aliphatic hydroxyl groups excluding tert-OH is 1. The molecule has 0 bridgehead atoms. The maximum Gasteiger partial charge on any atom is 0.337 e. The summed E-state index contributed by atoms with van der Waals surface area (Å²) in [6.07, 6.45) is 4.88. The molecule has 1 aliphatic carbocycles. The summed E-state index contributed by atoms with van der Waals surface area (Å²) in [7, 11) is 1.39. The van der Waals surface area contributed by atoms with E-state index < -0.39 is 0 Å². The van der Waals surface area contributed by atoms with Gasteiger partial charge in [0.1, 0.15) is 0 Å². The van der Waals surface area contributed by atoms with Crippen LogP contribution in [0.5, 0.6) is 0 Å². The largest absolute Gasteiger partial charge is 0.465 e. The highest BCUT2D eigenvalue weighted by Crippen LogP contribution is 2.29. The molecule has 2 N–H and O–H groups in total. The number of aliphatic hydroxyl groups is 1. The fourth-order valence-electron chi connectivity index (χ4n) is 3.07. The Hall–Kier alpha value is -1.39. The van der Waals surface area contributed by atoms with E-state index in [1.54, 1.807) is 12.1 Å². The van der Waals surface area contributed by atoms with E-state index in [2.05, 4.69) is 10.1 Å². The average molecular weight is 291 g/mol. The number of ether oxygens (including phenoxy) is 1. The van der Waals surface area contributed by atoms with Crippen LogP contribution in [0.4, 0.5) is 0 Å². The molecule has 2 rings (SSSR count). The number of methoxy groups -OCH3 is 1. The van der Waals surface area contributed by atoms with E-state index in [0.717, 1.165) is 25.1 Å². The summed E-state index contributed by atoms with van der Waals surface area (Å²) in [6, 6.07) is 7.48. The van der Waals surface area contributed by atoms with Crippen LogP contribution in [0.15, 0.2) is 24.3 Å². The van der Waals surface area contributed by atoms with Gasteiger partial charge in [0.05, 0.1) is 12.7 Å². The number of hydrogen-bond donors (Lipinski definition) is 2. The Kier molecular flexibility index (Phi) is 6.21. The fraction of sp³-hybridized carbons (Fsp3) is 0.588. The van der Waals surface area contributed by atoms with Crippen molar-refractivity contribution in [2.45, 2.75) is 32.2 Å². The summed E-state index contributed by atoms with van der Waals surface area (Å²) in [4.78, 5) is 11.4. The van der Waals surface area contributed by atoms with Gasteiger partial charge in [-0.1, -0.05) is 25.0 Å². The molecule has 0 radical (unpaired) electrons. The van der Waals surface area contributed by atoms with Crippen molar-refractivity contribution in [1.82, 2.24) is 5.32 Å². The van der Waals surface area contributed by atoms with Gasteiger partial charge in [-0.2, -0.15) is 0 Å². The third-order valence-corrected chi connectivity index (χ3v) is 4.41. The lowest BCUT2D eigenvalue weighted by atomic mass is 9.79. The topological polar surface area (TPSA) is 58.6 Å². The second-order valence-electron chi connectivity index (χ2n) is 5.81. The van der Waals surface area contributed by atoms with Gasteiger partial charge in [-0.15, -0.1) is 0 Å². The molecule has 0 aromatic heterocycles.